The van der Waals surface area contributed by atoms with E-state index in [9.17, 15) is 5.11 Å². The lowest BCUT2D eigenvalue weighted by Crippen LogP contribution is -1.74. The number of unbranched alkanes of at least 4 members (excludes halogenated alkanes) is 1. The predicted molar refractivity (Wildman–Crippen MR) is 20.4 cm³/mol. The third-order valence-corrected chi connectivity index (χ3v) is 0.433. The maximum atomic E-state index is 9.54. The molecule has 0 amide bonds. The molecule has 0 N–H and O–H groups in total. The highest BCUT2D eigenvalue weighted by atomic mass is 16.2. The Morgan fingerprint density at radius 2 is 2.33 bits per heavy atom. The zero-order valence-corrected chi connectivity index (χ0v) is 3.48. The summed E-state index contributed by atoms with van der Waals surface area (Å²) < 4.78 is 0. The predicted octanol–water partition coefficient (Wildman–Crippen LogP) is 0.721. The standard InChI is InChI=1S/C4H6NO/c5-3-1-2-4-6/h1-2,4H2. The Balaban J connectivity index is 2.54. The average molecular weight is 84.1 g/mol. The van der Waals surface area contributed by atoms with Crippen LogP contribution >= 0.6 is 0 Å². The quantitative estimate of drug-likeness (QED) is 0.454. The molecule has 0 aromatic heterocycles. The molecular formula is C4H6NO. The number of nitrogens with zero attached hydrogens (tertiary/aromatic N) is 1. The van der Waals surface area contributed by atoms with Gasteiger partial charge >= 0.3 is 0 Å². The van der Waals surface area contributed by atoms with Crippen LogP contribution in [0.5, 0.6) is 0 Å². The maximum Gasteiger partial charge on any atom is 0.0832 e. The van der Waals surface area contributed by atoms with E-state index in [4.69, 9.17) is 5.26 Å². The van der Waals surface area contributed by atoms with Crippen LogP contribution in [0.2, 0.25) is 0 Å². The second-order valence-electron chi connectivity index (χ2n) is 0.966. The summed E-state index contributed by atoms with van der Waals surface area (Å²) in [5, 5.41) is 17.3. The molecule has 0 aliphatic carbocycles. The SMILES string of the molecule is N#CCCC[O]. The van der Waals surface area contributed by atoms with Crippen LogP contribution in [0.3, 0.4) is 0 Å². The highest BCUT2D eigenvalue weighted by molar-refractivity contribution is 4.66. The monoisotopic (exact) mass is 84.0 g/mol. The van der Waals surface area contributed by atoms with Crippen molar-refractivity contribution in [2.45, 2.75) is 12.8 Å². The lowest BCUT2D eigenvalue weighted by Gasteiger charge is -1.74. The van der Waals surface area contributed by atoms with Crippen molar-refractivity contribution in [3.05, 3.63) is 0 Å². The molecule has 0 aliphatic rings. The molecule has 0 aromatic rings. The van der Waals surface area contributed by atoms with Crippen molar-refractivity contribution in [2.75, 3.05) is 6.61 Å². The van der Waals surface area contributed by atoms with Gasteiger partial charge in [0.05, 0.1) is 12.7 Å². The largest absolute Gasteiger partial charge is 0.237 e. The van der Waals surface area contributed by atoms with Gasteiger partial charge in [0.25, 0.3) is 0 Å². The van der Waals surface area contributed by atoms with Gasteiger partial charge < -0.3 is 0 Å². The Kier molecular flexibility index (Phi) is 4.04. The molecule has 1 radical (unpaired) electrons. The summed E-state index contributed by atoms with van der Waals surface area (Å²) in [7, 11) is 0. The molecule has 0 spiro atoms. The molecule has 0 bridgehead atoms. The highest BCUT2D eigenvalue weighted by Gasteiger charge is 1.77. The molecule has 6 heavy (non-hydrogen) atoms. The maximum absolute atomic E-state index is 9.54. The molecule has 2 nitrogen and oxygen atoms in total. The van der Waals surface area contributed by atoms with Crippen LogP contribution in [-0.2, 0) is 5.11 Å². The highest BCUT2D eigenvalue weighted by Crippen LogP contribution is 1.80. The summed E-state index contributed by atoms with van der Waals surface area (Å²) in [6.45, 7) is -0.117. The fourth-order valence-corrected chi connectivity index (χ4v) is 0.151. The van der Waals surface area contributed by atoms with E-state index in [0.29, 0.717) is 12.8 Å². The fraction of sp³-hybridized carbons (Fsp3) is 0.750. The van der Waals surface area contributed by atoms with E-state index in [-0.39, 0.29) is 6.61 Å². The second-order valence-corrected chi connectivity index (χ2v) is 0.966. The van der Waals surface area contributed by atoms with Gasteiger partial charge in [-0.3, -0.25) is 0 Å². The lowest BCUT2D eigenvalue weighted by molar-refractivity contribution is 0.190. The molecule has 2 heteroatoms. The Morgan fingerprint density at radius 3 is 2.50 bits per heavy atom. The molecule has 0 heterocycles. The second kappa shape index (κ2) is 4.45. The van der Waals surface area contributed by atoms with Crippen LogP contribution < -0.4 is 0 Å². The lowest BCUT2D eigenvalue weighted by atomic mass is 10.4. The Hall–Kier alpha value is -0.550. The summed E-state index contributed by atoms with van der Waals surface area (Å²) in [5.74, 6) is 0. The molecule has 0 saturated heterocycles. The van der Waals surface area contributed by atoms with E-state index in [1.165, 1.54) is 0 Å². The number of rotatable bonds is 2. The van der Waals surface area contributed by atoms with Gasteiger partial charge in [-0.25, -0.2) is 5.11 Å². The third kappa shape index (κ3) is 3.45. The minimum atomic E-state index is -0.117. The van der Waals surface area contributed by atoms with E-state index < -0.39 is 0 Å². The van der Waals surface area contributed by atoms with Crippen LogP contribution in [0.25, 0.3) is 0 Å². The Labute approximate surface area is 37.0 Å². The van der Waals surface area contributed by atoms with Crippen molar-refractivity contribution in [3.63, 3.8) is 0 Å². The molecule has 0 rings (SSSR count). The van der Waals surface area contributed by atoms with E-state index in [1.807, 2.05) is 6.07 Å². The van der Waals surface area contributed by atoms with Crippen molar-refractivity contribution in [1.29, 1.82) is 5.26 Å². The van der Waals surface area contributed by atoms with Gasteiger partial charge in [-0.2, -0.15) is 5.26 Å². The van der Waals surface area contributed by atoms with Gasteiger partial charge in [0.15, 0.2) is 0 Å². The summed E-state index contributed by atoms with van der Waals surface area (Å²) in [4.78, 5) is 0. The van der Waals surface area contributed by atoms with Crippen LogP contribution in [0.1, 0.15) is 12.8 Å². The first-order chi connectivity index (χ1) is 2.91. The number of nitriles is 1. The van der Waals surface area contributed by atoms with Gasteiger partial charge in [-0.05, 0) is 6.42 Å². The van der Waals surface area contributed by atoms with Crippen molar-refractivity contribution >= 4 is 0 Å². The van der Waals surface area contributed by atoms with E-state index >= 15 is 0 Å². The Bertz CT molecular complexity index is 55.1. The van der Waals surface area contributed by atoms with Gasteiger partial charge in [-0.15, -0.1) is 0 Å². The first kappa shape index (κ1) is 5.45. The van der Waals surface area contributed by atoms with Gasteiger partial charge in [0, 0.05) is 6.42 Å². The molecule has 0 saturated carbocycles. The molecule has 0 unspecified atom stereocenters. The smallest absolute Gasteiger partial charge is 0.0832 e. The average Bonchev–Trinajstić information content (AvgIpc) is 1.61. The Morgan fingerprint density at radius 1 is 1.67 bits per heavy atom. The minimum Gasteiger partial charge on any atom is -0.237 e. The molecule has 0 atom stereocenters. The van der Waals surface area contributed by atoms with Crippen molar-refractivity contribution in [1.82, 2.24) is 0 Å². The first-order valence-corrected chi connectivity index (χ1v) is 1.87. The van der Waals surface area contributed by atoms with Crippen LogP contribution in [-0.4, -0.2) is 6.61 Å². The molecule has 33 valence electrons. The van der Waals surface area contributed by atoms with E-state index in [1.54, 1.807) is 0 Å². The van der Waals surface area contributed by atoms with Crippen LogP contribution in [0, 0.1) is 11.3 Å². The van der Waals surface area contributed by atoms with Crippen molar-refractivity contribution < 1.29 is 5.11 Å². The molecular weight excluding hydrogens is 78.0 g/mol. The minimum absolute atomic E-state index is 0.117. The van der Waals surface area contributed by atoms with E-state index in [2.05, 4.69) is 0 Å². The van der Waals surface area contributed by atoms with Crippen LogP contribution in [0.4, 0.5) is 0 Å². The molecule has 0 aromatic carbocycles. The zero-order valence-electron chi connectivity index (χ0n) is 3.48. The summed E-state index contributed by atoms with van der Waals surface area (Å²) in [6.07, 6.45) is 0.903. The summed E-state index contributed by atoms with van der Waals surface area (Å²) in [5.41, 5.74) is 0. The van der Waals surface area contributed by atoms with Crippen molar-refractivity contribution in [2.24, 2.45) is 0 Å². The summed E-state index contributed by atoms with van der Waals surface area (Å²) >= 11 is 0. The first-order valence-electron chi connectivity index (χ1n) is 1.87. The fourth-order valence-electron chi connectivity index (χ4n) is 0.151. The molecule has 0 fully saturated rings. The number of hydrogen-bond donors (Lipinski definition) is 0. The third-order valence-electron chi connectivity index (χ3n) is 0.433. The van der Waals surface area contributed by atoms with E-state index in [0.717, 1.165) is 0 Å². The number of hydrogen-bond acceptors (Lipinski definition) is 1. The van der Waals surface area contributed by atoms with Gasteiger partial charge in [-0.1, -0.05) is 0 Å². The normalized spacial score (nSPS) is 7.33. The van der Waals surface area contributed by atoms with Crippen LogP contribution in [0.15, 0.2) is 0 Å². The van der Waals surface area contributed by atoms with Gasteiger partial charge in [0.1, 0.15) is 0 Å². The molecule has 0 aliphatic heterocycles. The summed E-state index contributed by atoms with van der Waals surface area (Å²) in [6, 6.07) is 1.87. The van der Waals surface area contributed by atoms with Crippen molar-refractivity contribution in [3.8, 4) is 6.07 Å². The van der Waals surface area contributed by atoms with Gasteiger partial charge in [0.2, 0.25) is 0 Å². The topological polar surface area (TPSA) is 43.7 Å². The zero-order chi connectivity index (χ0) is 4.83.